The summed E-state index contributed by atoms with van der Waals surface area (Å²) in [6.45, 7) is 0. The zero-order chi connectivity index (χ0) is 17.2. The quantitative estimate of drug-likeness (QED) is 0.664. The summed E-state index contributed by atoms with van der Waals surface area (Å²) in [5.74, 6) is -2.13. The van der Waals surface area contributed by atoms with Crippen molar-refractivity contribution in [2.75, 3.05) is 11.8 Å². The van der Waals surface area contributed by atoms with E-state index in [2.05, 4.69) is 0 Å². The fourth-order valence-corrected chi connectivity index (χ4v) is 2.92. The number of non-ortho nitro benzene ring substituents is 1. The topological polar surface area (TPSA) is 98.5 Å². The molecule has 10 heteroatoms. The Morgan fingerprint density at radius 2 is 1.87 bits per heavy atom. The van der Waals surface area contributed by atoms with Crippen molar-refractivity contribution in [1.29, 1.82) is 0 Å². The van der Waals surface area contributed by atoms with Crippen molar-refractivity contribution in [3.05, 3.63) is 58.1 Å². The Balaban J connectivity index is 2.50. The Bertz CT molecular complexity index is 871. The molecular formula is C13H10F2N2O5S. The number of anilines is 1. The van der Waals surface area contributed by atoms with Gasteiger partial charge in [-0.3, -0.25) is 14.8 Å². The number of halogens is 2. The second-order valence-corrected chi connectivity index (χ2v) is 5.97. The molecule has 2 aromatic carbocycles. The number of nitrogens with zero attached hydrogens (tertiary/aromatic N) is 1. The van der Waals surface area contributed by atoms with Gasteiger partial charge in [-0.05, 0) is 24.3 Å². The molecular weight excluding hydrogens is 334 g/mol. The van der Waals surface area contributed by atoms with Crippen LogP contribution in [-0.4, -0.2) is 20.5 Å². The molecule has 0 bridgehead atoms. The summed E-state index contributed by atoms with van der Waals surface area (Å²) < 4.78 is 58.0. The van der Waals surface area contributed by atoms with Crippen LogP contribution < -0.4 is 9.46 Å². The molecule has 0 saturated carbocycles. The Morgan fingerprint density at radius 3 is 2.48 bits per heavy atom. The van der Waals surface area contributed by atoms with Gasteiger partial charge in [-0.25, -0.2) is 17.2 Å². The predicted molar refractivity (Wildman–Crippen MR) is 76.8 cm³/mol. The second kappa shape index (κ2) is 6.16. The summed E-state index contributed by atoms with van der Waals surface area (Å²) in [5.41, 5.74) is -0.673. The highest BCUT2D eigenvalue weighted by Crippen LogP contribution is 2.31. The SMILES string of the molecule is COc1ccc([N+](=O)[O-])cc1NS(=O)(=O)c1cc(F)ccc1F. The zero-order valence-electron chi connectivity index (χ0n) is 11.6. The molecule has 2 aromatic rings. The number of rotatable bonds is 5. The van der Waals surface area contributed by atoms with E-state index in [0.717, 1.165) is 18.2 Å². The van der Waals surface area contributed by atoms with Crippen LogP contribution in [0.2, 0.25) is 0 Å². The van der Waals surface area contributed by atoms with Crippen LogP contribution in [0.3, 0.4) is 0 Å². The van der Waals surface area contributed by atoms with E-state index in [-0.39, 0.29) is 11.4 Å². The fraction of sp³-hybridized carbons (Fsp3) is 0.0769. The lowest BCUT2D eigenvalue weighted by atomic mass is 10.2. The molecule has 0 aliphatic carbocycles. The van der Waals surface area contributed by atoms with Gasteiger partial charge in [0.2, 0.25) is 0 Å². The molecule has 0 atom stereocenters. The van der Waals surface area contributed by atoms with E-state index in [0.29, 0.717) is 12.1 Å². The average molecular weight is 344 g/mol. The first-order valence-electron chi connectivity index (χ1n) is 6.05. The minimum Gasteiger partial charge on any atom is -0.495 e. The van der Waals surface area contributed by atoms with Crippen LogP contribution in [0.25, 0.3) is 0 Å². The van der Waals surface area contributed by atoms with Gasteiger partial charge in [-0.2, -0.15) is 0 Å². The number of nitro benzene ring substituents is 1. The number of methoxy groups -OCH3 is 1. The van der Waals surface area contributed by atoms with E-state index in [4.69, 9.17) is 4.74 Å². The van der Waals surface area contributed by atoms with Gasteiger partial charge >= 0.3 is 0 Å². The number of nitro groups is 1. The van der Waals surface area contributed by atoms with E-state index in [9.17, 15) is 27.3 Å². The largest absolute Gasteiger partial charge is 0.495 e. The lowest BCUT2D eigenvalue weighted by Crippen LogP contribution is -2.15. The summed E-state index contributed by atoms with van der Waals surface area (Å²) in [7, 11) is -3.29. The smallest absolute Gasteiger partial charge is 0.271 e. The third-order valence-electron chi connectivity index (χ3n) is 2.82. The summed E-state index contributed by atoms with van der Waals surface area (Å²) in [5, 5.41) is 10.8. The van der Waals surface area contributed by atoms with Crippen molar-refractivity contribution in [1.82, 2.24) is 0 Å². The maximum atomic E-state index is 13.6. The highest BCUT2D eigenvalue weighted by Gasteiger charge is 2.23. The van der Waals surface area contributed by atoms with Crippen molar-refractivity contribution < 1.29 is 26.9 Å². The zero-order valence-corrected chi connectivity index (χ0v) is 12.4. The lowest BCUT2D eigenvalue weighted by Gasteiger charge is -2.12. The molecule has 0 heterocycles. The Hall–Kier alpha value is -2.75. The molecule has 0 fully saturated rings. The van der Waals surface area contributed by atoms with E-state index >= 15 is 0 Å². The number of hydrogen-bond donors (Lipinski definition) is 1. The van der Waals surface area contributed by atoms with Crippen LogP contribution in [-0.2, 0) is 10.0 Å². The van der Waals surface area contributed by atoms with Crippen molar-refractivity contribution in [3.8, 4) is 5.75 Å². The fourth-order valence-electron chi connectivity index (χ4n) is 1.77. The highest BCUT2D eigenvalue weighted by atomic mass is 32.2. The molecule has 0 spiro atoms. The summed E-state index contributed by atoms with van der Waals surface area (Å²) in [6.07, 6.45) is 0. The molecule has 0 amide bonds. The maximum absolute atomic E-state index is 13.6. The van der Waals surface area contributed by atoms with Gasteiger partial charge in [0.05, 0.1) is 17.7 Å². The first kappa shape index (κ1) is 16.6. The first-order valence-corrected chi connectivity index (χ1v) is 7.53. The first-order chi connectivity index (χ1) is 10.7. The molecule has 0 aliphatic rings. The third-order valence-corrected chi connectivity index (χ3v) is 4.20. The number of ether oxygens (including phenoxy) is 1. The number of sulfonamides is 1. The highest BCUT2D eigenvalue weighted by molar-refractivity contribution is 7.92. The summed E-state index contributed by atoms with van der Waals surface area (Å²) >= 11 is 0. The average Bonchev–Trinajstić information content (AvgIpc) is 2.49. The molecule has 0 unspecified atom stereocenters. The number of nitrogens with one attached hydrogen (secondary N) is 1. The number of benzene rings is 2. The van der Waals surface area contributed by atoms with Crippen LogP contribution in [0.1, 0.15) is 0 Å². The summed E-state index contributed by atoms with van der Waals surface area (Å²) in [6, 6.07) is 5.13. The third kappa shape index (κ3) is 3.54. The molecule has 0 aromatic heterocycles. The molecule has 0 saturated heterocycles. The maximum Gasteiger partial charge on any atom is 0.271 e. The lowest BCUT2D eigenvalue weighted by molar-refractivity contribution is -0.384. The van der Waals surface area contributed by atoms with Crippen LogP contribution >= 0.6 is 0 Å². The van der Waals surface area contributed by atoms with Crippen LogP contribution in [0.5, 0.6) is 5.75 Å². The van der Waals surface area contributed by atoms with Gasteiger partial charge in [0.15, 0.2) is 0 Å². The molecule has 0 radical (unpaired) electrons. The van der Waals surface area contributed by atoms with Crippen molar-refractivity contribution >= 4 is 21.4 Å². The van der Waals surface area contributed by atoms with E-state index in [1.807, 2.05) is 4.72 Å². The normalized spacial score (nSPS) is 11.1. The van der Waals surface area contributed by atoms with Gasteiger partial charge in [0.1, 0.15) is 22.3 Å². The Labute approximate surface area is 129 Å². The molecule has 7 nitrogen and oxygen atoms in total. The van der Waals surface area contributed by atoms with Gasteiger partial charge in [-0.1, -0.05) is 0 Å². The van der Waals surface area contributed by atoms with Crippen LogP contribution in [0.15, 0.2) is 41.3 Å². The van der Waals surface area contributed by atoms with Crippen molar-refractivity contribution in [2.45, 2.75) is 4.90 Å². The molecule has 23 heavy (non-hydrogen) atoms. The molecule has 2 rings (SSSR count). The van der Waals surface area contributed by atoms with Crippen LogP contribution in [0, 0.1) is 21.7 Å². The monoisotopic (exact) mass is 344 g/mol. The van der Waals surface area contributed by atoms with E-state index in [1.165, 1.54) is 13.2 Å². The predicted octanol–water partition coefficient (Wildman–Crippen LogP) is 2.68. The molecule has 1 N–H and O–H groups in total. The van der Waals surface area contributed by atoms with Gasteiger partial charge in [0.25, 0.3) is 15.7 Å². The minimum absolute atomic E-state index is 0.0176. The van der Waals surface area contributed by atoms with E-state index < -0.39 is 37.2 Å². The van der Waals surface area contributed by atoms with E-state index in [1.54, 1.807) is 0 Å². The Morgan fingerprint density at radius 1 is 1.17 bits per heavy atom. The number of hydrogen-bond acceptors (Lipinski definition) is 5. The van der Waals surface area contributed by atoms with Crippen LogP contribution in [0.4, 0.5) is 20.2 Å². The van der Waals surface area contributed by atoms with Crippen molar-refractivity contribution in [3.63, 3.8) is 0 Å². The minimum atomic E-state index is -4.51. The van der Waals surface area contributed by atoms with Gasteiger partial charge < -0.3 is 4.74 Å². The molecule has 122 valence electrons. The second-order valence-electron chi connectivity index (χ2n) is 4.32. The standard InChI is InChI=1S/C13H10F2N2O5S/c1-22-12-5-3-9(17(18)19)7-11(12)16-23(20,21)13-6-8(14)2-4-10(13)15/h2-7,16H,1H3. The Kier molecular flexibility index (Phi) is 4.45. The molecule has 0 aliphatic heterocycles. The summed E-state index contributed by atoms with van der Waals surface area (Å²) in [4.78, 5) is 9.10. The van der Waals surface area contributed by atoms with Gasteiger partial charge in [-0.15, -0.1) is 0 Å². The van der Waals surface area contributed by atoms with Crippen molar-refractivity contribution in [2.24, 2.45) is 0 Å². The van der Waals surface area contributed by atoms with Gasteiger partial charge in [0, 0.05) is 12.1 Å².